The number of nitrogens with two attached hydrogens (primary N) is 1. The molecule has 3 N–H and O–H groups in total. The molecule has 1 aliphatic carbocycles. The fourth-order valence-corrected chi connectivity index (χ4v) is 1.70. The van der Waals surface area contributed by atoms with Crippen LogP contribution in [0.3, 0.4) is 0 Å². The summed E-state index contributed by atoms with van der Waals surface area (Å²) in [6.07, 6.45) is 2.27. The summed E-state index contributed by atoms with van der Waals surface area (Å²) in [4.78, 5) is 13.6. The maximum atomic E-state index is 13.4. The SMILES string of the molecule is CN(CC(=O)Nc1cc(N)ccc1F)C1CC1. The Bertz CT molecular complexity index is 432. The molecule has 0 atom stereocenters. The molecular weight excluding hydrogens is 221 g/mol. The van der Waals surface area contributed by atoms with Crippen LogP contribution in [0.2, 0.25) is 0 Å². The number of benzene rings is 1. The number of nitrogens with one attached hydrogen (secondary N) is 1. The highest BCUT2D eigenvalue weighted by molar-refractivity contribution is 5.92. The third-order valence-corrected chi connectivity index (χ3v) is 2.83. The van der Waals surface area contributed by atoms with Gasteiger partial charge in [-0.1, -0.05) is 0 Å². The Balaban J connectivity index is 1.94. The maximum Gasteiger partial charge on any atom is 0.238 e. The molecule has 5 heteroatoms. The summed E-state index contributed by atoms with van der Waals surface area (Å²) >= 11 is 0. The standard InChI is InChI=1S/C12H16FN3O/c1-16(9-3-4-9)7-12(17)15-11-6-8(14)2-5-10(11)13/h2,5-6,9H,3-4,7,14H2,1H3,(H,15,17). The minimum Gasteiger partial charge on any atom is -0.399 e. The lowest BCUT2D eigenvalue weighted by molar-refractivity contribution is -0.117. The normalized spacial score (nSPS) is 15.0. The fourth-order valence-electron chi connectivity index (χ4n) is 1.70. The number of carbonyl (C=O) groups is 1. The Labute approximate surface area is 99.6 Å². The van der Waals surface area contributed by atoms with Gasteiger partial charge in [-0.15, -0.1) is 0 Å². The highest BCUT2D eigenvalue weighted by atomic mass is 19.1. The molecule has 2 rings (SSSR count). The van der Waals surface area contributed by atoms with Crippen molar-refractivity contribution in [2.45, 2.75) is 18.9 Å². The average molecular weight is 237 g/mol. The molecule has 0 unspecified atom stereocenters. The molecule has 92 valence electrons. The van der Waals surface area contributed by atoms with Gasteiger partial charge in [0.05, 0.1) is 12.2 Å². The first-order valence-electron chi connectivity index (χ1n) is 5.61. The van der Waals surface area contributed by atoms with Crippen molar-refractivity contribution in [3.8, 4) is 0 Å². The Morgan fingerprint density at radius 1 is 1.59 bits per heavy atom. The molecule has 0 aliphatic heterocycles. The van der Waals surface area contributed by atoms with E-state index in [1.807, 2.05) is 11.9 Å². The van der Waals surface area contributed by atoms with E-state index >= 15 is 0 Å². The lowest BCUT2D eigenvalue weighted by atomic mass is 10.2. The number of hydrogen-bond donors (Lipinski definition) is 2. The van der Waals surface area contributed by atoms with Gasteiger partial charge >= 0.3 is 0 Å². The number of hydrogen-bond acceptors (Lipinski definition) is 3. The Hall–Kier alpha value is -1.62. The second-order valence-corrected chi connectivity index (χ2v) is 4.43. The summed E-state index contributed by atoms with van der Waals surface area (Å²) < 4.78 is 13.4. The molecule has 4 nitrogen and oxygen atoms in total. The highest BCUT2D eigenvalue weighted by Gasteiger charge is 2.27. The summed E-state index contributed by atoms with van der Waals surface area (Å²) in [5, 5.41) is 2.53. The quantitative estimate of drug-likeness (QED) is 0.779. The fraction of sp³-hybridized carbons (Fsp3) is 0.417. The van der Waals surface area contributed by atoms with Gasteiger partial charge in [-0.05, 0) is 38.1 Å². The van der Waals surface area contributed by atoms with E-state index in [-0.39, 0.29) is 18.1 Å². The van der Waals surface area contributed by atoms with Gasteiger partial charge in [0, 0.05) is 11.7 Å². The van der Waals surface area contributed by atoms with Gasteiger partial charge in [0.25, 0.3) is 0 Å². The minimum absolute atomic E-state index is 0.138. The zero-order valence-electron chi connectivity index (χ0n) is 9.74. The van der Waals surface area contributed by atoms with E-state index < -0.39 is 5.82 Å². The summed E-state index contributed by atoms with van der Waals surface area (Å²) in [6, 6.07) is 4.63. The Morgan fingerprint density at radius 2 is 2.29 bits per heavy atom. The van der Waals surface area contributed by atoms with E-state index in [2.05, 4.69) is 5.32 Å². The smallest absolute Gasteiger partial charge is 0.238 e. The predicted molar refractivity (Wildman–Crippen MR) is 65.1 cm³/mol. The molecule has 1 amide bonds. The van der Waals surface area contributed by atoms with Crippen molar-refractivity contribution >= 4 is 17.3 Å². The van der Waals surface area contributed by atoms with E-state index in [0.717, 1.165) is 12.8 Å². The van der Waals surface area contributed by atoms with Crippen LogP contribution in [0.5, 0.6) is 0 Å². The first-order chi connectivity index (χ1) is 8.06. The van der Waals surface area contributed by atoms with Crippen LogP contribution in [0.15, 0.2) is 18.2 Å². The van der Waals surface area contributed by atoms with Crippen molar-refractivity contribution in [1.29, 1.82) is 0 Å². The van der Waals surface area contributed by atoms with Crippen molar-refractivity contribution in [2.75, 3.05) is 24.6 Å². The van der Waals surface area contributed by atoms with Crippen LogP contribution in [0.4, 0.5) is 15.8 Å². The van der Waals surface area contributed by atoms with Gasteiger partial charge in [-0.25, -0.2) is 4.39 Å². The van der Waals surface area contributed by atoms with Crippen LogP contribution in [-0.2, 0) is 4.79 Å². The van der Waals surface area contributed by atoms with Crippen LogP contribution < -0.4 is 11.1 Å². The summed E-state index contributed by atoms with van der Waals surface area (Å²) in [6.45, 7) is 0.277. The molecular formula is C12H16FN3O. The lowest BCUT2D eigenvalue weighted by Crippen LogP contribution is -2.31. The number of amides is 1. The molecule has 17 heavy (non-hydrogen) atoms. The second kappa shape index (κ2) is 4.71. The van der Waals surface area contributed by atoms with Crippen molar-refractivity contribution in [3.05, 3.63) is 24.0 Å². The molecule has 1 aromatic carbocycles. The van der Waals surface area contributed by atoms with E-state index in [0.29, 0.717) is 11.7 Å². The maximum absolute atomic E-state index is 13.4. The van der Waals surface area contributed by atoms with Crippen molar-refractivity contribution in [1.82, 2.24) is 4.90 Å². The first-order valence-corrected chi connectivity index (χ1v) is 5.61. The topological polar surface area (TPSA) is 58.4 Å². The first kappa shape index (κ1) is 11.9. The minimum atomic E-state index is -0.471. The summed E-state index contributed by atoms with van der Waals surface area (Å²) in [7, 11) is 1.90. The molecule has 0 heterocycles. The molecule has 0 spiro atoms. The zero-order chi connectivity index (χ0) is 12.4. The van der Waals surface area contributed by atoms with Gasteiger partial charge in [-0.3, -0.25) is 9.69 Å². The number of rotatable bonds is 4. The second-order valence-electron chi connectivity index (χ2n) is 4.43. The molecule has 0 bridgehead atoms. The molecule has 0 radical (unpaired) electrons. The molecule has 0 saturated heterocycles. The molecule has 1 aliphatic rings. The van der Waals surface area contributed by atoms with E-state index in [4.69, 9.17) is 5.73 Å². The largest absolute Gasteiger partial charge is 0.399 e. The Kier molecular flexibility index (Phi) is 3.28. The van der Waals surface area contributed by atoms with Gasteiger partial charge < -0.3 is 11.1 Å². The van der Waals surface area contributed by atoms with E-state index in [1.54, 1.807) is 0 Å². The average Bonchev–Trinajstić information content (AvgIpc) is 3.06. The predicted octanol–water partition coefficient (Wildman–Crippen LogP) is 1.44. The van der Waals surface area contributed by atoms with Gasteiger partial charge in [-0.2, -0.15) is 0 Å². The lowest BCUT2D eigenvalue weighted by Gasteiger charge is -2.15. The molecule has 0 aromatic heterocycles. The van der Waals surface area contributed by atoms with Crippen molar-refractivity contribution in [2.24, 2.45) is 0 Å². The zero-order valence-corrected chi connectivity index (χ0v) is 9.74. The monoisotopic (exact) mass is 237 g/mol. The van der Waals surface area contributed by atoms with E-state index in [9.17, 15) is 9.18 Å². The molecule has 1 aromatic rings. The van der Waals surface area contributed by atoms with Crippen molar-refractivity contribution < 1.29 is 9.18 Å². The van der Waals surface area contributed by atoms with Crippen LogP contribution in [-0.4, -0.2) is 30.4 Å². The van der Waals surface area contributed by atoms with Crippen molar-refractivity contribution in [3.63, 3.8) is 0 Å². The highest BCUT2D eigenvalue weighted by Crippen LogP contribution is 2.25. The number of anilines is 2. The molecule has 1 saturated carbocycles. The van der Waals surface area contributed by atoms with E-state index in [1.165, 1.54) is 18.2 Å². The van der Waals surface area contributed by atoms with Gasteiger partial charge in [0.1, 0.15) is 5.82 Å². The third-order valence-electron chi connectivity index (χ3n) is 2.83. The van der Waals surface area contributed by atoms with Crippen LogP contribution >= 0.6 is 0 Å². The van der Waals surface area contributed by atoms with Gasteiger partial charge in [0.2, 0.25) is 5.91 Å². The number of likely N-dealkylation sites (N-methyl/N-ethyl adjacent to an activating group) is 1. The molecule has 1 fully saturated rings. The number of halogens is 1. The Morgan fingerprint density at radius 3 is 2.94 bits per heavy atom. The third kappa shape index (κ3) is 3.17. The number of nitrogen functional groups attached to an aromatic ring is 1. The van der Waals surface area contributed by atoms with Crippen LogP contribution in [0.1, 0.15) is 12.8 Å². The van der Waals surface area contributed by atoms with Gasteiger partial charge in [0.15, 0.2) is 0 Å². The summed E-state index contributed by atoms with van der Waals surface area (Å²) in [5.74, 6) is -0.689. The number of carbonyl (C=O) groups excluding carboxylic acids is 1. The van der Waals surface area contributed by atoms with Crippen LogP contribution in [0, 0.1) is 5.82 Å². The number of nitrogens with zero attached hydrogens (tertiary/aromatic N) is 1. The van der Waals surface area contributed by atoms with Crippen LogP contribution in [0.25, 0.3) is 0 Å². The summed E-state index contributed by atoms with van der Waals surface area (Å²) in [5.41, 5.74) is 6.10.